The highest BCUT2D eigenvalue weighted by molar-refractivity contribution is 4.84. The van der Waals surface area contributed by atoms with E-state index in [4.69, 9.17) is 0 Å². The van der Waals surface area contributed by atoms with Gasteiger partial charge >= 0.3 is 0 Å². The summed E-state index contributed by atoms with van der Waals surface area (Å²) in [6.07, 6.45) is 3.19. The van der Waals surface area contributed by atoms with Crippen molar-refractivity contribution in [3.63, 3.8) is 0 Å². The highest BCUT2D eigenvalue weighted by Crippen LogP contribution is 2.15. The maximum absolute atomic E-state index is 9.18. The molecule has 0 aliphatic carbocycles. The molecule has 0 spiro atoms. The van der Waals surface area contributed by atoms with Gasteiger partial charge in [-0.15, -0.1) is 0 Å². The molecule has 0 saturated carbocycles. The van der Waals surface area contributed by atoms with E-state index < -0.39 is 0 Å². The van der Waals surface area contributed by atoms with Crippen LogP contribution in [0.2, 0.25) is 0 Å². The van der Waals surface area contributed by atoms with Gasteiger partial charge < -0.3 is 10.4 Å². The quantitative estimate of drug-likeness (QED) is 0.616. The zero-order valence-corrected chi connectivity index (χ0v) is 7.98. The van der Waals surface area contributed by atoms with E-state index in [1.165, 1.54) is 0 Å². The first-order valence-corrected chi connectivity index (χ1v) is 4.60. The fourth-order valence-electron chi connectivity index (χ4n) is 1.49. The van der Waals surface area contributed by atoms with Crippen LogP contribution in [0.3, 0.4) is 0 Å². The number of aliphatic hydroxyl groups is 1. The van der Waals surface area contributed by atoms with Crippen LogP contribution < -0.4 is 5.32 Å². The van der Waals surface area contributed by atoms with Gasteiger partial charge in [-0.2, -0.15) is 0 Å². The lowest BCUT2D eigenvalue weighted by molar-refractivity contribution is 0.147. The Kier molecular flexibility index (Phi) is 5.51. The van der Waals surface area contributed by atoms with E-state index in [9.17, 15) is 5.11 Å². The predicted molar refractivity (Wildman–Crippen MR) is 48.7 cm³/mol. The van der Waals surface area contributed by atoms with Crippen molar-refractivity contribution >= 4 is 0 Å². The topological polar surface area (TPSA) is 32.3 Å². The van der Waals surface area contributed by atoms with Crippen molar-refractivity contribution in [2.45, 2.75) is 45.6 Å². The summed E-state index contributed by atoms with van der Waals surface area (Å²) in [6.45, 7) is 7.54. The van der Waals surface area contributed by atoms with E-state index >= 15 is 0 Å². The molecule has 0 heterocycles. The minimum atomic E-state index is -0.0104. The summed E-state index contributed by atoms with van der Waals surface area (Å²) in [5, 5.41) is 12.5. The van der Waals surface area contributed by atoms with Crippen LogP contribution in [0.5, 0.6) is 0 Å². The Labute approximate surface area is 70.0 Å². The van der Waals surface area contributed by atoms with Gasteiger partial charge in [0.1, 0.15) is 0 Å². The molecule has 0 bridgehead atoms. The third kappa shape index (κ3) is 3.21. The highest BCUT2D eigenvalue weighted by atomic mass is 16.3. The van der Waals surface area contributed by atoms with Crippen LogP contribution in [0.15, 0.2) is 0 Å². The van der Waals surface area contributed by atoms with Crippen molar-refractivity contribution < 1.29 is 5.11 Å². The van der Waals surface area contributed by atoms with Crippen LogP contribution in [0.4, 0.5) is 0 Å². The first-order chi connectivity index (χ1) is 5.24. The number of nitrogens with one attached hydrogen (secondary N) is 1. The zero-order chi connectivity index (χ0) is 8.74. The molecule has 0 amide bonds. The fraction of sp³-hybridized carbons (Fsp3) is 1.00. The molecule has 2 heteroatoms. The smallest absolute Gasteiger partial charge is 0.0613 e. The second-order valence-electron chi connectivity index (χ2n) is 3.07. The van der Waals surface area contributed by atoms with Crippen molar-refractivity contribution in [2.24, 2.45) is 0 Å². The van der Waals surface area contributed by atoms with Crippen molar-refractivity contribution in [1.82, 2.24) is 5.32 Å². The molecule has 68 valence electrons. The number of hydrogen-bond acceptors (Lipinski definition) is 2. The molecule has 0 aliphatic heterocycles. The van der Waals surface area contributed by atoms with Crippen molar-refractivity contribution in [3.05, 3.63) is 0 Å². The van der Waals surface area contributed by atoms with E-state index in [1.807, 2.05) is 0 Å². The molecule has 0 aromatic carbocycles. The monoisotopic (exact) mass is 159 g/mol. The second kappa shape index (κ2) is 5.56. The van der Waals surface area contributed by atoms with E-state index in [0.29, 0.717) is 0 Å². The van der Waals surface area contributed by atoms with E-state index in [2.05, 4.69) is 26.1 Å². The van der Waals surface area contributed by atoms with Gasteiger partial charge in [0.2, 0.25) is 0 Å². The normalized spacial score (nSPS) is 16.4. The summed E-state index contributed by atoms with van der Waals surface area (Å²) < 4.78 is 0. The highest BCUT2D eigenvalue weighted by Gasteiger charge is 2.24. The largest absolute Gasteiger partial charge is 0.394 e. The van der Waals surface area contributed by atoms with Crippen LogP contribution in [0.1, 0.15) is 40.0 Å². The third-order valence-electron chi connectivity index (χ3n) is 2.26. The molecular weight excluding hydrogens is 138 g/mol. The maximum Gasteiger partial charge on any atom is 0.0613 e. The van der Waals surface area contributed by atoms with Gasteiger partial charge in [-0.1, -0.05) is 27.2 Å². The molecule has 2 N–H and O–H groups in total. The van der Waals surface area contributed by atoms with Gasteiger partial charge in [-0.05, 0) is 19.4 Å². The first kappa shape index (κ1) is 10.9. The molecule has 0 fully saturated rings. The molecule has 11 heavy (non-hydrogen) atoms. The third-order valence-corrected chi connectivity index (χ3v) is 2.26. The van der Waals surface area contributed by atoms with Gasteiger partial charge in [0.15, 0.2) is 0 Å². The van der Waals surface area contributed by atoms with Gasteiger partial charge in [0.05, 0.1) is 6.61 Å². The lowest BCUT2D eigenvalue weighted by Crippen LogP contribution is -2.47. The molecule has 0 radical (unpaired) electrons. The molecule has 1 atom stereocenters. The Morgan fingerprint density at radius 2 is 1.91 bits per heavy atom. The second-order valence-corrected chi connectivity index (χ2v) is 3.07. The van der Waals surface area contributed by atoms with Crippen LogP contribution in [0.25, 0.3) is 0 Å². The average molecular weight is 159 g/mol. The van der Waals surface area contributed by atoms with E-state index in [0.717, 1.165) is 25.8 Å². The molecule has 2 nitrogen and oxygen atoms in total. The van der Waals surface area contributed by atoms with E-state index in [1.54, 1.807) is 0 Å². The Balaban J connectivity index is 3.96. The molecule has 0 aliphatic rings. The van der Waals surface area contributed by atoms with Crippen molar-refractivity contribution in [3.8, 4) is 0 Å². The molecule has 1 unspecified atom stereocenters. The number of aliphatic hydroxyl groups excluding tert-OH is 1. The summed E-state index contributed by atoms with van der Waals surface area (Å²) in [6, 6.07) is 0. The minimum Gasteiger partial charge on any atom is -0.394 e. The van der Waals surface area contributed by atoms with Gasteiger partial charge in [-0.3, -0.25) is 0 Å². The molecule has 0 aromatic rings. The summed E-state index contributed by atoms with van der Waals surface area (Å²) in [5.41, 5.74) is -0.0104. The first-order valence-electron chi connectivity index (χ1n) is 4.60. The molecule has 0 aromatic heterocycles. The SMILES string of the molecule is CCCC(CC)(CO)NCC. The van der Waals surface area contributed by atoms with Gasteiger partial charge in [0, 0.05) is 5.54 Å². The Morgan fingerprint density at radius 3 is 2.18 bits per heavy atom. The van der Waals surface area contributed by atoms with E-state index in [-0.39, 0.29) is 12.1 Å². The number of hydrogen-bond donors (Lipinski definition) is 2. The lowest BCUT2D eigenvalue weighted by atomic mass is 9.91. The zero-order valence-electron chi connectivity index (χ0n) is 7.98. The minimum absolute atomic E-state index is 0.0104. The molecular formula is C9H21NO. The molecule has 0 saturated heterocycles. The summed E-state index contributed by atoms with van der Waals surface area (Å²) in [7, 11) is 0. The average Bonchev–Trinajstić information content (AvgIpc) is 2.04. The Bertz CT molecular complexity index is 81.6. The van der Waals surface area contributed by atoms with Crippen LogP contribution in [-0.4, -0.2) is 23.8 Å². The fourth-order valence-corrected chi connectivity index (χ4v) is 1.49. The van der Waals surface area contributed by atoms with Crippen LogP contribution >= 0.6 is 0 Å². The number of likely N-dealkylation sites (N-methyl/N-ethyl adjacent to an activating group) is 1. The Hall–Kier alpha value is -0.0800. The van der Waals surface area contributed by atoms with Crippen LogP contribution in [-0.2, 0) is 0 Å². The molecule has 0 rings (SSSR count). The van der Waals surface area contributed by atoms with Gasteiger partial charge in [0.25, 0.3) is 0 Å². The maximum atomic E-state index is 9.18. The lowest BCUT2D eigenvalue weighted by Gasteiger charge is -2.31. The summed E-state index contributed by atoms with van der Waals surface area (Å²) in [5.74, 6) is 0. The standard InChI is InChI=1S/C9H21NO/c1-4-7-9(5-2,8-11)10-6-3/h10-11H,4-8H2,1-3H3. The Morgan fingerprint density at radius 1 is 1.27 bits per heavy atom. The summed E-state index contributed by atoms with van der Waals surface area (Å²) in [4.78, 5) is 0. The van der Waals surface area contributed by atoms with Crippen molar-refractivity contribution in [2.75, 3.05) is 13.2 Å². The summed E-state index contributed by atoms with van der Waals surface area (Å²) >= 11 is 0. The predicted octanol–water partition coefficient (Wildman–Crippen LogP) is 1.54. The van der Waals surface area contributed by atoms with Crippen molar-refractivity contribution in [1.29, 1.82) is 0 Å². The number of rotatable bonds is 6. The van der Waals surface area contributed by atoms with Crippen LogP contribution in [0, 0.1) is 0 Å². The van der Waals surface area contributed by atoms with Gasteiger partial charge in [-0.25, -0.2) is 0 Å².